The Morgan fingerprint density at radius 2 is 1.90 bits per heavy atom. The Hall–Kier alpha value is -0.660. The van der Waals surface area contributed by atoms with Crippen LogP contribution in [0.15, 0.2) is 0 Å². The van der Waals surface area contributed by atoms with Crippen LogP contribution in [0.2, 0.25) is 0 Å². The van der Waals surface area contributed by atoms with E-state index >= 15 is 0 Å². The summed E-state index contributed by atoms with van der Waals surface area (Å²) < 4.78 is 21.4. The molecule has 0 aliphatic carbocycles. The maximum atomic E-state index is 11.9. The predicted molar refractivity (Wildman–Crippen MR) is 74.4 cm³/mol. The topological polar surface area (TPSA) is 71.1 Å². The third kappa shape index (κ3) is 5.03. The first-order valence-corrected chi connectivity index (χ1v) is 7.37. The summed E-state index contributed by atoms with van der Waals surface area (Å²) in [6, 6.07) is 0. The van der Waals surface area contributed by atoms with E-state index in [0.29, 0.717) is 0 Å². The summed E-state index contributed by atoms with van der Waals surface area (Å²) in [6.45, 7) is 8.53. The van der Waals surface area contributed by atoms with Gasteiger partial charge in [-0.1, -0.05) is 15.9 Å². The van der Waals surface area contributed by atoms with Crippen molar-refractivity contribution >= 4 is 27.9 Å². The van der Waals surface area contributed by atoms with Crippen molar-refractivity contribution in [1.82, 2.24) is 0 Å². The average molecular weight is 353 g/mol. The molecule has 20 heavy (non-hydrogen) atoms. The largest absolute Gasteiger partial charge is 0.462 e. The third-order valence-corrected chi connectivity index (χ3v) is 3.46. The van der Waals surface area contributed by atoms with Gasteiger partial charge in [-0.25, -0.2) is 0 Å². The Kier molecular flexibility index (Phi) is 5.97. The summed E-state index contributed by atoms with van der Waals surface area (Å²) in [7, 11) is 0. The highest BCUT2D eigenvalue weighted by Crippen LogP contribution is 2.29. The molecule has 1 heterocycles. The molecule has 0 unspecified atom stereocenters. The van der Waals surface area contributed by atoms with Crippen LogP contribution < -0.4 is 0 Å². The van der Waals surface area contributed by atoms with Crippen LogP contribution in [0.3, 0.4) is 0 Å². The fraction of sp³-hybridized carbons (Fsp3) is 0.846. The minimum atomic E-state index is -0.809. The first-order chi connectivity index (χ1) is 9.12. The number of ether oxygens (including phenoxy) is 4. The maximum Gasteiger partial charge on any atom is 0.323 e. The van der Waals surface area contributed by atoms with Gasteiger partial charge in [0.1, 0.15) is 6.10 Å². The summed E-state index contributed by atoms with van der Waals surface area (Å²) in [6.07, 6.45) is -1.59. The van der Waals surface area contributed by atoms with E-state index in [1.807, 2.05) is 0 Å². The molecule has 0 radical (unpaired) electrons. The highest BCUT2D eigenvalue weighted by atomic mass is 79.9. The molecule has 0 spiro atoms. The van der Waals surface area contributed by atoms with Crippen molar-refractivity contribution in [3.63, 3.8) is 0 Å². The van der Waals surface area contributed by atoms with Gasteiger partial charge in [-0.05, 0) is 27.7 Å². The molecule has 0 aromatic heterocycles. The Balaban J connectivity index is 2.78. The van der Waals surface area contributed by atoms with Crippen molar-refractivity contribution in [3.8, 4) is 0 Å². The van der Waals surface area contributed by atoms with Crippen LogP contribution in [0.1, 0.15) is 34.6 Å². The summed E-state index contributed by atoms with van der Waals surface area (Å²) in [4.78, 5) is 22.4. The lowest BCUT2D eigenvalue weighted by Gasteiger charge is -2.27. The molecule has 7 heteroatoms. The first kappa shape index (κ1) is 17.4. The van der Waals surface area contributed by atoms with Crippen molar-refractivity contribution in [3.05, 3.63) is 0 Å². The number of rotatable bonds is 5. The van der Waals surface area contributed by atoms with Crippen LogP contribution in [0, 0.1) is 0 Å². The smallest absolute Gasteiger partial charge is 0.323 e. The minimum Gasteiger partial charge on any atom is -0.462 e. The lowest BCUT2D eigenvalue weighted by molar-refractivity contribution is -0.173. The van der Waals surface area contributed by atoms with Gasteiger partial charge >= 0.3 is 11.9 Å². The number of alkyl halides is 1. The summed E-state index contributed by atoms with van der Waals surface area (Å²) in [5.74, 6) is -1.76. The number of carbonyl (C=O) groups is 2. The Labute approximate surface area is 127 Å². The quantitative estimate of drug-likeness (QED) is 0.554. The molecule has 1 rings (SSSR count). The van der Waals surface area contributed by atoms with Gasteiger partial charge in [-0.3, -0.25) is 9.59 Å². The van der Waals surface area contributed by atoms with Crippen molar-refractivity contribution in [1.29, 1.82) is 0 Å². The maximum absolute atomic E-state index is 11.9. The number of hydrogen-bond acceptors (Lipinski definition) is 6. The van der Waals surface area contributed by atoms with Crippen LogP contribution >= 0.6 is 15.9 Å². The lowest BCUT2D eigenvalue weighted by Crippen LogP contribution is -2.44. The van der Waals surface area contributed by atoms with Gasteiger partial charge in [-0.2, -0.15) is 0 Å². The summed E-state index contributed by atoms with van der Waals surface area (Å²) in [5.41, 5.74) is 0. The average Bonchev–Trinajstić information content (AvgIpc) is 2.64. The fourth-order valence-electron chi connectivity index (χ4n) is 1.82. The molecular weight excluding hydrogens is 332 g/mol. The van der Waals surface area contributed by atoms with Gasteiger partial charge in [0.25, 0.3) is 0 Å². The van der Waals surface area contributed by atoms with Crippen molar-refractivity contribution < 1.29 is 28.5 Å². The first-order valence-electron chi connectivity index (χ1n) is 6.46. The molecule has 0 saturated carbocycles. The number of hydrogen-bond donors (Lipinski definition) is 0. The second-order valence-electron chi connectivity index (χ2n) is 5.33. The third-order valence-electron chi connectivity index (χ3n) is 2.56. The van der Waals surface area contributed by atoms with Crippen LogP contribution in [0.4, 0.5) is 0 Å². The zero-order chi connectivity index (χ0) is 15.5. The van der Waals surface area contributed by atoms with Crippen LogP contribution in [0.25, 0.3) is 0 Å². The molecule has 1 saturated heterocycles. The minimum absolute atomic E-state index is 0.238. The molecule has 0 aromatic rings. The van der Waals surface area contributed by atoms with Gasteiger partial charge in [0, 0.05) is 6.92 Å². The van der Waals surface area contributed by atoms with Crippen molar-refractivity contribution in [2.45, 2.75) is 63.5 Å². The van der Waals surface area contributed by atoms with Crippen molar-refractivity contribution in [2.75, 3.05) is 6.61 Å². The standard InChI is InChI=1S/C13H21BrO6/c1-7(2)18-12(16)10(14)11(19-8(3)15)9-6-17-13(4,5)20-9/h7,9-11H,6H2,1-5H3/t9-,10-,11-/m1/s1. The van der Waals surface area contributed by atoms with E-state index in [2.05, 4.69) is 15.9 Å². The van der Waals surface area contributed by atoms with E-state index < -0.39 is 34.8 Å². The molecule has 1 aliphatic rings. The Morgan fingerprint density at radius 1 is 1.30 bits per heavy atom. The van der Waals surface area contributed by atoms with E-state index in [0.717, 1.165) is 0 Å². The lowest BCUT2D eigenvalue weighted by atomic mass is 10.1. The highest BCUT2D eigenvalue weighted by Gasteiger charge is 2.44. The van der Waals surface area contributed by atoms with Gasteiger partial charge in [-0.15, -0.1) is 0 Å². The monoisotopic (exact) mass is 352 g/mol. The Morgan fingerprint density at radius 3 is 2.30 bits per heavy atom. The van der Waals surface area contributed by atoms with Crippen LogP contribution in [0.5, 0.6) is 0 Å². The second-order valence-corrected chi connectivity index (χ2v) is 6.32. The molecule has 3 atom stereocenters. The molecule has 0 N–H and O–H groups in total. The molecule has 116 valence electrons. The molecule has 1 fully saturated rings. The molecule has 0 bridgehead atoms. The summed E-state index contributed by atoms with van der Waals surface area (Å²) >= 11 is 3.23. The molecule has 1 aliphatic heterocycles. The molecule has 6 nitrogen and oxygen atoms in total. The van der Waals surface area contributed by atoms with Gasteiger partial charge in [0.2, 0.25) is 0 Å². The SMILES string of the molecule is CC(=O)O[C@H]([C@H]1COC(C)(C)O1)[C@@H](Br)C(=O)OC(C)C. The normalized spacial score (nSPS) is 24.2. The molecule has 0 aromatic carbocycles. The molecular formula is C13H21BrO6. The summed E-state index contributed by atoms with van der Waals surface area (Å²) in [5, 5.41) is 0. The van der Waals surface area contributed by atoms with E-state index in [1.165, 1.54) is 6.92 Å². The van der Waals surface area contributed by atoms with E-state index in [1.54, 1.807) is 27.7 Å². The number of esters is 2. The van der Waals surface area contributed by atoms with Crippen LogP contribution in [-0.4, -0.2) is 47.5 Å². The van der Waals surface area contributed by atoms with Crippen LogP contribution in [-0.2, 0) is 28.5 Å². The highest BCUT2D eigenvalue weighted by molar-refractivity contribution is 9.10. The predicted octanol–water partition coefficient (Wildman–Crippen LogP) is 1.78. The van der Waals surface area contributed by atoms with E-state index in [4.69, 9.17) is 18.9 Å². The van der Waals surface area contributed by atoms with Gasteiger partial charge in [0.15, 0.2) is 16.7 Å². The van der Waals surface area contributed by atoms with Gasteiger partial charge < -0.3 is 18.9 Å². The van der Waals surface area contributed by atoms with Crippen molar-refractivity contribution in [2.24, 2.45) is 0 Å². The fourth-order valence-corrected chi connectivity index (χ4v) is 2.38. The van der Waals surface area contributed by atoms with E-state index in [-0.39, 0.29) is 12.7 Å². The van der Waals surface area contributed by atoms with Gasteiger partial charge in [0.05, 0.1) is 12.7 Å². The zero-order valence-electron chi connectivity index (χ0n) is 12.3. The van der Waals surface area contributed by atoms with E-state index in [9.17, 15) is 9.59 Å². The zero-order valence-corrected chi connectivity index (χ0v) is 13.9. The number of halogens is 1. The molecule has 0 amide bonds. The second kappa shape index (κ2) is 6.87. The number of carbonyl (C=O) groups excluding carboxylic acids is 2. The Bertz CT molecular complexity index is 368.